The molecule has 168 valence electrons. The number of allylic oxidation sites excluding steroid dienone is 2. The lowest BCUT2D eigenvalue weighted by Crippen LogP contribution is -2.12. The predicted octanol–water partition coefficient (Wildman–Crippen LogP) is 6.29. The smallest absolute Gasteiger partial charge is 0.338 e. The highest BCUT2D eigenvalue weighted by Gasteiger charge is 2.22. The summed E-state index contributed by atoms with van der Waals surface area (Å²) in [5.74, 6) is 0.645. The fraction of sp³-hybridized carbons (Fsp3) is 0.407. The third-order valence-corrected chi connectivity index (χ3v) is 6.56. The standard InChI is InChI=1S/C27H33N3O2/c1-6-32-27(31)23-17-24-22(21-12-14-28-25(16-21)29(4)5)13-15-30(24)26(19(23)3)18(2)20-10-8-7-9-11-20/h12-17H,6-11H2,1-5H3. The van der Waals surface area contributed by atoms with Crippen LogP contribution in [0.4, 0.5) is 5.82 Å². The summed E-state index contributed by atoms with van der Waals surface area (Å²) in [7, 11) is 3.98. The van der Waals surface area contributed by atoms with Crippen molar-refractivity contribution in [1.29, 1.82) is 0 Å². The van der Waals surface area contributed by atoms with Crippen LogP contribution in [-0.2, 0) is 4.74 Å². The van der Waals surface area contributed by atoms with Gasteiger partial charge in [0.05, 0.1) is 23.4 Å². The Kier molecular flexibility index (Phi) is 6.35. The maximum atomic E-state index is 12.9. The van der Waals surface area contributed by atoms with E-state index in [1.165, 1.54) is 30.4 Å². The molecule has 3 heterocycles. The third kappa shape index (κ3) is 4.04. The molecule has 1 saturated carbocycles. The number of rotatable bonds is 5. The summed E-state index contributed by atoms with van der Waals surface area (Å²) in [4.78, 5) is 19.4. The average Bonchev–Trinajstić information content (AvgIpc) is 3.22. The number of hydrogen-bond acceptors (Lipinski definition) is 4. The largest absolute Gasteiger partial charge is 0.462 e. The van der Waals surface area contributed by atoms with Gasteiger partial charge in [-0.15, -0.1) is 0 Å². The summed E-state index contributed by atoms with van der Waals surface area (Å²) >= 11 is 0. The highest BCUT2D eigenvalue weighted by molar-refractivity contribution is 5.96. The number of hydrogen-bond donors (Lipinski definition) is 0. The van der Waals surface area contributed by atoms with Crippen LogP contribution in [0.2, 0.25) is 0 Å². The van der Waals surface area contributed by atoms with Crippen LogP contribution in [0.3, 0.4) is 0 Å². The Hall–Kier alpha value is -3.08. The lowest BCUT2D eigenvalue weighted by Gasteiger charge is -2.21. The van der Waals surface area contributed by atoms with E-state index in [4.69, 9.17) is 4.74 Å². The fourth-order valence-corrected chi connectivity index (χ4v) is 4.82. The van der Waals surface area contributed by atoms with E-state index >= 15 is 0 Å². The van der Waals surface area contributed by atoms with Crippen LogP contribution in [0.15, 0.2) is 42.2 Å². The van der Waals surface area contributed by atoms with Gasteiger partial charge in [-0.05, 0) is 87.4 Å². The van der Waals surface area contributed by atoms with Gasteiger partial charge in [-0.3, -0.25) is 0 Å². The summed E-state index contributed by atoms with van der Waals surface area (Å²) in [5, 5.41) is 0. The summed E-state index contributed by atoms with van der Waals surface area (Å²) in [6.45, 7) is 6.48. The van der Waals surface area contributed by atoms with E-state index in [0.717, 1.165) is 46.6 Å². The Bertz CT molecular complexity index is 1180. The lowest BCUT2D eigenvalue weighted by atomic mass is 9.88. The van der Waals surface area contributed by atoms with Crippen molar-refractivity contribution in [2.45, 2.75) is 52.9 Å². The minimum Gasteiger partial charge on any atom is -0.462 e. The number of anilines is 1. The van der Waals surface area contributed by atoms with E-state index in [-0.39, 0.29) is 5.97 Å². The van der Waals surface area contributed by atoms with Crippen molar-refractivity contribution in [2.24, 2.45) is 0 Å². The summed E-state index contributed by atoms with van der Waals surface area (Å²) in [6.07, 6.45) is 10.0. The summed E-state index contributed by atoms with van der Waals surface area (Å²) in [5.41, 5.74) is 8.74. The van der Waals surface area contributed by atoms with Crippen LogP contribution in [0, 0.1) is 6.92 Å². The molecule has 0 radical (unpaired) electrons. The number of ether oxygens (including phenoxy) is 1. The Morgan fingerprint density at radius 1 is 1.16 bits per heavy atom. The third-order valence-electron chi connectivity index (χ3n) is 6.56. The molecule has 0 atom stereocenters. The van der Waals surface area contributed by atoms with Gasteiger partial charge in [-0.1, -0.05) is 12.0 Å². The highest BCUT2D eigenvalue weighted by Crippen LogP contribution is 2.36. The van der Waals surface area contributed by atoms with Crippen LogP contribution in [0.5, 0.6) is 0 Å². The van der Waals surface area contributed by atoms with Gasteiger partial charge in [-0.2, -0.15) is 0 Å². The number of nitrogens with zero attached hydrogens (tertiary/aromatic N) is 3. The van der Waals surface area contributed by atoms with Gasteiger partial charge in [0.25, 0.3) is 0 Å². The minimum absolute atomic E-state index is 0.258. The van der Waals surface area contributed by atoms with Crippen LogP contribution in [0.25, 0.3) is 22.2 Å². The molecule has 4 rings (SSSR count). The zero-order valence-electron chi connectivity index (χ0n) is 19.9. The normalized spacial score (nSPS) is 14.0. The van der Waals surface area contributed by atoms with Gasteiger partial charge >= 0.3 is 5.97 Å². The lowest BCUT2D eigenvalue weighted by molar-refractivity contribution is 0.0525. The van der Waals surface area contributed by atoms with Crippen molar-refractivity contribution in [3.8, 4) is 11.1 Å². The highest BCUT2D eigenvalue weighted by atomic mass is 16.5. The molecule has 0 unspecified atom stereocenters. The van der Waals surface area contributed by atoms with Gasteiger partial charge in [0.1, 0.15) is 5.82 Å². The minimum atomic E-state index is -0.258. The van der Waals surface area contributed by atoms with Crippen LogP contribution >= 0.6 is 0 Å². The Morgan fingerprint density at radius 3 is 2.59 bits per heavy atom. The van der Waals surface area contributed by atoms with Gasteiger partial charge in [-0.25, -0.2) is 9.78 Å². The van der Waals surface area contributed by atoms with Crippen molar-refractivity contribution < 1.29 is 9.53 Å². The van der Waals surface area contributed by atoms with Gasteiger partial charge in [0.15, 0.2) is 0 Å². The van der Waals surface area contributed by atoms with Gasteiger partial charge in [0.2, 0.25) is 0 Å². The topological polar surface area (TPSA) is 46.8 Å². The molecule has 0 saturated heterocycles. The molecule has 0 N–H and O–H groups in total. The summed E-state index contributed by atoms with van der Waals surface area (Å²) < 4.78 is 7.68. The van der Waals surface area contributed by atoms with Gasteiger partial charge < -0.3 is 14.0 Å². The molecular formula is C27H33N3O2. The van der Waals surface area contributed by atoms with E-state index in [1.54, 1.807) is 0 Å². The van der Waals surface area contributed by atoms with Crippen molar-refractivity contribution in [1.82, 2.24) is 9.38 Å². The molecule has 0 aliphatic heterocycles. The number of carbonyl (C=O) groups is 1. The molecule has 0 bridgehead atoms. The molecule has 0 spiro atoms. The molecule has 5 heteroatoms. The quantitative estimate of drug-likeness (QED) is 0.445. The van der Waals surface area contributed by atoms with Crippen molar-refractivity contribution in [3.63, 3.8) is 0 Å². The van der Waals surface area contributed by atoms with Crippen molar-refractivity contribution in [2.75, 3.05) is 25.6 Å². The molecule has 32 heavy (non-hydrogen) atoms. The number of pyridine rings is 2. The second-order valence-corrected chi connectivity index (χ2v) is 8.82. The summed E-state index contributed by atoms with van der Waals surface area (Å²) in [6, 6.07) is 8.24. The molecular weight excluding hydrogens is 398 g/mol. The number of esters is 1. The molecule has 3 aromatic rings. The molecule has 1 aliphatic rings. The predicted molar refractivity (Wildman–Crippen MR) is 131 cm³/mol. The van der Waals surface area contributed by atoms with Crippen molar-refractivity contribution in [3.05, 3.63) is 59.1 Å². The molecule has 0 amide bonds. The SMILES string of the molecule is CCOC(=O)c1cc2c(-c3ccnc(N(C)C)c3)ccn2c(C(C)=C2CCCCC2)c1C. The van der Waals surface area contributed by atoms with E-state index in [1.807, 2.05) is 51.2 Å². The maximum Gasteiger partial charge on any atom is 0.338 e. The van der Waals surface area contributed by atoms with Crippen LogP contribution < -0.4 is 4.90 Å². The van der Waals surface area contributed by atoms with Gasteiger partial charge in [0, 0.05) is 32.1 Å². The Morgan fingerprint density at radius 2 is 1.91 bits per heavy atom. The second kappa shape index (κ2) is 9.19. The zero-order chi connectivity index (χ0) is 22.8. The van der Waals surface area contributed by atoms with Crippen molar-refractivity contribution >= 4 is 22.9 Å². The van der Waals surface area contributed by atoms with Crippen LogP contribution in [-0.4, -0.2) is 36.1 Å². The number of carbonyl (C=O) groups excluding carboxylic acids is 1. The first-order valence-corrected chi connectivity index (χ1v) is 11.6. The maximum absolute atomic E-state index is 12.9. The van der Waals surface area contributed by atoms with E-state index in [9.17, 15) is 4.79 Å². The molecule has 0 aromatic carbocycles. The monoisotopic (exact) mass is 431 g/mol. The molecule has 5 nitrogen and oxygen atoms in total. The number of aromatic nitrogens is 2. The number of fused-ring (bicyclic) bond motifs is 1. The molecule has 1 aliphatic carbocycles. The zero-order valence-corrected chi connectivity index (χ0v) is 19.9. The Labute approximate surface area is 190 Å². The van der Waals surface area contributed by atoms with E-state index in [0.29, 0.717) is 12.2 Å². The average molecular weight is 432 g/mol. The first-order valence-electron chi connectivity index (χ1n) is 11.6. The van der Waals surface area contributed by atoms with E-state index in [2.05, 4.69) is 34.6 Å². The second-order valence-electron chi connectivity index (χ2n) is 8.82. The first kappa shape index (κ1) is 22.1. The van der Waals surface area contributed by atoms with E-state index < -0.39 is 0 Å². The van der Waals surface area contributed by atoms with Crippen LogP contribution in [0.1, 0.15) is 67.6 Å². The Balaban J connectivity index is 1.98. The molecule has 3 aromatic heterocycles. The first-order chi connectivity index (χ1) is 15.4. The molecule has 1 fully saturated rings. The fourth-order valence-electron chi connectivity index (χ4n) is 4.82.